The Morgan fingerprint density at radius 2 is 1.91 bits per heavy atom. The lowest BCUT2D eigenvalue weighted by atomic mass is 9.95. The first kappa shape index (κ1) is 24.6. The minimum absolute atomic E-state index is 0.0567. The number of aliphatic hydroxyl groups excluding tert-OH is 1. The van der Waals surface area contributed by atoms with Crippen LogP contribution in [0.5, 0.6) is 11.5 Å². The second kappa shape index (κ2) is 10.4. The van der Waals surface area contributed by atoms with Crippen LogP contribution >= 0.6 is 0 Å². The molecule has 1 amide bonds. The lowest BCUT2D eigenvalue weighted by molar-refractivity contribution is -0.140. The number of nitrogens with zero attached hydrogens (tertiary/aromatic N) is 2. The summed E-state index contributed by atoms with van der Waals surface area (Å²) in [5.74, 6) is 0.212. The first-order chi connectivity index (χ1) is 16.8. The van der Waals surface area contributed by atoms with E-state index in [-0.39, 0.29) is 24.5 Å². The SMILES string of the molecule is COCCN1C(=O)C(=O)/C(=C(\O)c2ccc3c(c2)N(C)CCO3)C1c1ccc(OCC(C)C)cc1. The van der Waals surface area contributed by atoms with Gasteiger partial charge < -0.3 is 29.1 Å². The van der Waals surface area contributed by atoms with Gasteiger partial charge in [0.15, 0.2) is 0 Å². The first-order valence-electron chi connectivity index (χ1n) is 11.8. The molecule has 2 aromatic rings. The van der Waals surface area contributed by atoms with Crippen LogP contribution in [0.15, 0.2) is 48.0 Å². The molecule has 2 heterocycles. The number of ether oxygens (including phenoxy) is 3. The molecule has 0 spiro atoms. The molecule has 1 unspecified atom stereocenters. The van der Waals surface area contributed by atoms with E-state index in [0.29, 0.717) is 48.3 Å². The maximum absolute atomic E-state index is 13.2. The second-order valence-electron chi connectivity index (χ2n) is 9.21. The number of ketones is 1. The highest BCUT2D eigenvalue weighted by Gasteiger charge is 2.46. The van der Waals surface area contributed by atoms with E-state index in [2.05, 4.69) is 13.8 Å². The van der Waals surface area contributed by atoms with Crippen LogP contribution in [0, 0.1) is 5.92 Å². The Labute approximate surface area is 205 Å². The molecule has 0 aromatic heterocycles. The average molecular weight is 481 g/mol. The third kappa shape index (κ3) is 4.98. The van der Waals surface area contributed by atoms with Gasteiger partial charge in [0.25, 0.3) is 11.7 Å². The molecule has 1 fully saturated rings. The molecule has 8 heteroatoms. The van der Waals surface area contributed by atoms with Crippen molar-refractivity contribution in [1.29, 1.82) is 0 Å². The number of Topliss-reactive ketones (excluding diaryl/α,β-unsaturated/α-hetero) is 1. The zero-order valence-electron chi connectivity index (χ0n) is 20.6. The number of aliphatic hydroxyl groups is 1. The van der Waals surface area contributed by atoms with Crippen molar-refractivity contribution < 1.29 is 28.9 Å². The number of hydrogen-bond acceptors (Lipinski definition) is 7. The average Bonchev–Trinajstić information content (AvgIpc) is 3.11. The molecule has 4 rings (SSSR count). The van der Waals surface area contributed by atoms with Crippen LogP contribution in [0.4, 0.5) is 5.69 Å². The predicted octanol–water partition coefficient (Wildman–Crippen LogP) is 3.62. The molecule has 2 aliphatic heterocycles. The largest absolute Gasteiger partial charge is 0.507 e. The fourth-order valence-corrected chi connectivity index (χ4v) is 4.31. The fraction of sp³-hybridized carbons (Fsp3) is 0.407. The highest BCUT2D eigenvalue weighted by Crippen LogP contribution is 2.41. The quantitative estimate of drug-likeness (QED) is 0.351. The number of fused-ring (bicyclic) bond motifs is 1. The summed E-state index contributed by atoms with van der Waals surface area (Å²) in [6, 6.07) is 11.8. The third-order valence-corrected chi connectivity index (χ3v) is 6.18. The van der Waals surface area contributed by atoms with E-state index in [1.54, 1.807) is 18.2 Å². The van der Waals surface area contributed by atoms with Crippen molar-refractivity contribution in [3.8, 4) is 11.5 Å². The third-order valence-electron chi connectivity index (χ3n) is 6.18. The summed E-state index contributed by atoms with van der Waals surface area (Å²) in [6.45, 7) is 6.50. The second-order valence-corrected chi connectivity index (χ2v) is 9.21. The van der Waals surface area contributed by atoms with Crippen LogP contribution in [-0.4, -0.2) is 68.8 Å². The van der Waals surface area contributed by atoms with Crippen molar-refractivity contribution in [1.82, 2.24) is 4.90 Å². The smallest absolute Gasteiger partial charge is 0.295 e. The van der Waals surface area contributed by atoms with Gasteiger partial charge >= 0.3 is 0 Å². The molecule has 1 atom stereocenters. The summed E-state index contributed by atoms with van der Waals surface area (Å²) >= 11 is 0. The van der Waals surface area contributed by atoms with Gasteiger partial charge in [-0.25, -0.2) is 0 Å². The summed E-state index contributed by atoms with van der Waals surface area (Å²) in [5, 5.41) is 11.3. The number of methoxy groups -OCH3 is 1. The van der Waals surface area contributed by atoms with Crippen molar-refractivity contribution in [3.63, 3.8) is 0 Å². The van der Waals surface area contributed by atoms with E-state index < -0.39 is 17.7 Å². The number of hydrogen-bond donors (Lipinski definition) is 1. The Kier molecular flexibility index (Phi) is 7.31. The number of likely N-dealkylation sites (N-methyl/N-ethyl adjacent to an activating group) is 1. The molecule has 1 N–H and O–H groups in total. The number of anilines is 1. The van der Waals surface area contributed by atoms with Gasteiger partial charge in [0, 0.05) is 26.3 Å². The summed E-state index contributed by atoms with van der Waals surface area (Å²) < 4.78 is 16.7. The van der Waals surface area contributed by atoms with E-state index in [0.717, 1.165) is 5.69 Å². The topological polar surface area (TPSA) is 88.5 Å². The zero-order valence-corrected chi connectivity index (χ0v) is 20.6. The Hall–Kier alpha value is -3.52. The molecule has 0 bridgehead atoms. The van der Waals surface area contributed by atoms with Crippen molar-refractivity contribution in [2.24, 2.45) is 5.92 Å². The van der Waals surface area contributed by atoms with Gasteiger partial charge in [0.1, 0.15) is 23.9 Å². The van der Waals surface area contributed by atoms with Gasteiger partial charge in [-0.1, -0.05) is 26.0 Å². The number of rotatable bonds is 8. The first-order valence-corrected chi connectivity index (χ1v) is 11.8. The molecule has 8 nitrogen and oxygen atoms in total. The van der Waals surface area contributed by atoms with Gasteiger partial charge in [0.05, 0.1) is 37.1 Å². The molecule has 2 aliphatic rings. The van der Waals surface area contributed by atoms with E-state index in [4.69, 9.17) is 14.2 Å². The number of carbonyl (C=O) groups is 2. The maximum atomic E-state index is 13.2. The Balaban J connectivity index is 1.76. The Morgan fingerprint density at radius 3 is 2.60 bits per heavy atom. The van der Waals surface area contributed by atoms with Crippen LogP contribution in [0.3, 0.4) is 0 Å². The van der Waals surface area contributed by atoms with Crippen molar-refractivity contribution >= 4 is 23.1 Å². The Morgan fingerprint density at radius 1 is 1.17 bits per heavy atom. The minimum atomic E-state index is -0.741. The van der Waals surface area contributed by atoms with Crippen LogP contribution in [0.2, 0.25) is 0 Å². The number of carbonyl (C=O) groups excluding carboxylic acids is 2. The van der Waals surface area contributed by atoms with E-state index in [1.807, 2.05) is 36.2 Å². The number of benzene rings is 2. The van der Waals surface area contributed by atoms with Crippen LogP contribution in [0.25, 0.3) is 5.76 Å². The fourth-order valence-electron chi connectivity index (χ4n) is 4.31. The maximum Gasteiger partial charge on any atom is 0.295 e. The van der Waals surface area contributed by atoms with Gasteiger partial charge in [-0.3, -0.25) is 9.59 Å². The number of amides is 1. The Bertz CT molecular complexity index is 1120. The van der Waals surface area contributed by atoms with Crippen molar-refractivity contribution in [2.45, 2.75) is 19.9 Å². The highest BCUT2D eigenvalue weighted by molar-refractivity contribution is 6.46. The van der Waals surface area contributed by atoms with Crippen molar-refractivity contribution in [3.05, 3.63) is 59.2 Å². The number of likely N-dealkylation sites (tertiary alicyclic amines) is 1. The van der Waals surface area contributed by atoms with E-state index in [9.17, 15) is 14.7 Å². The normalized spacial score (nSPS) is 19.2. The lowest BCUT2D eigenvalue weighted by Gasteiger charge is -2.28. The molecular formula is C27H32N2O6. The van der Waals surface area contributed by atoms with Crippen molar-refractivity contribution in [2.75, 3.05) is 52.0 Å². The molecule has 0 saturated carbocycles. The monoisotopic (exact) mass is 480 g/mol. The zero-order chi connectivity index (χ0) is 25.1. The van der Waals surface area contributed by atoms with Crippen LogP contribution in [0.1, 0.15) is 31.0 Å². The van der Waals surface area contributed by atoms with Gasteiger partial charge in [-0.15, -0.1) is 0 Å². The van der Waals surface area contributed by atoms with E-state index >= 15 is 0 Å². The van der Waals surface area contributed by atoms with Crippen LogP contribution < -0.4 is 14.4 Å². The molecule has 0 radical (unpaired) electrons. The van der Waals surface area contributed by atoms with Gasteiger partial charge in [-0.2, -0.15) is 0 Å². The van der Waals surface area contributed by atoms with Gasteiger partial charge in [-0.05, 0) is 41.8 Å². The standard InChI is InChI=1S/C27H32N2O6/c1-17(2)16-35-20-8-5-18(6-9-20)24-23(26(31)27(32)29(24)12-13-33-4)25(30)19-7-10-22-21(15-19)28(3)11-14-34-22/h5-10,15,17,24,30H,11-14,16H2,1-4H3/b25-23-. The highest BCUT2D eigenvalue weighted by atomic mass is 16.5. The predicted molar refractivity (Wildman–Crippen MR) is 133 cm³/mol. The van der Waals surface area contributed by atoms with E-state index in [1.165, 1.54) is 12.0 Å². The summed E-state index contributed by atoms with van der Waals surface area (Å²) in [6.07, 6.45) is 0. The summed E-state index contributed by atoms with van der Waals surface area (Å²) in [5.41, 5.74) is 2.03. The molecule has 186 valence electrons. The lowest BCUT2D eigenvalue weighted by Crippen LogP contribution is -2.32. The molecule has 2 aromatic carbocycles. The van der Waals surface area contributed by atoms with Crippen LogP contribution in [-0.2, 0) is 14.3 Å². The molecule has 1 saturated heterocycles. The summed E-state index contributed by atoms with van der Waals surface area (Å²) in [7, 11) is 3.48. The summed E-state index contributed by atoms with van der Waals surface area (Å²) in [4.78, 5) is 29.6. The molecule has 35 heavy (non-hydrogen) atoms. The minimum Gasteiger partial charge on any atom is -0.507 e. The molecular weight excluding hydrogens is 448 g/mol. The van der Waals surface area contributed by atoms with Gasteiger partial charge in [0.2, 0.25) is 0 Å². The molecule has 0 aliphatic carbocycles.